The molecule has 0 saturated heterocycles. The third-order valence-electron chi connectivity index (χ3n) is 3.19. The van der Waals surface area contributed by atoms with Gasteiger partial charge < -0.3 is 5.32 Å². The predicted octanol–water partition coefficient (Wildman–Crippen LogP) is 2.36. The summed E-state index contributed by atoms with van der Waals surface area (Å²) in [5.74, 6) is -0.00721. The van der Waals surface area contributed by atoms with Gasteiger partial charge in [0.25, 0.3) is 5.91 Å². The lowest BCUT2D eigenvalue weighted by Crippen LogP contribution is -2.23. The van der Waals surface area contributed by atoms with Gasteiger partial charge in [0.1, 0.15) is 11.5 Å². The van der Waals surface area contributed by atoms with Crippen molar-refractivity contribution in [3.05, 3.63) is 53.1 Å². The molecule has 1 aliphatic rings. The van der Waals surface area contributed by atoms with Gasteiger partial charge in [0.05, 0.1) is 0 Å². The van der Waals surface area contributed by atoms with Crippen molar-refractivity contribution in [1.82, 2.24) is 15.5 Å². The van der Waals surface area contributed by atoms with Crippen molar-refractivity contribution in [3.8, 4) is 0 Å². The number of amides is 1. The van der Waals surface area contributed by atoms with Crippen LogP contribution in [0.2, 0.25) is 0 Å². The SMILES string of the molecule is O=C(NCc1cccc(F)c1)c1cc(C2CC2)[nH]n1. The molecular weight excluding hydrogens is 245 g/mol. The highest BCUT2D eigenvalue weighted by Crippen LogP contribution is 2.38. The first-order valence-corrected chi connectivity index (χ1v) is 6.30. The lowest BCUT2D eigenvalue weighted by atomic mass is 10.2. The van der Waals surface area contributed by atoms with Crippen LogP contribution < -0.4 is 5.32 Å². The van der Waals surface area contributed by atoms with Crippen LogP contribution in [0.1, 0.15) is 40.5 Å². The molecule has 0 unspecified atom stereocenters. The van der Waals surface area contributed by atoms with Crippen molar-refractivity contribution in [3.63, 3.8) is 0 Å². The summed E-state index contributed by atoms with van der Waals surface area (Å²) in [6.07, 6.45) is 2.32. The van der Waals surface area contributed by atoms with E-state index in [1.54, 1.807) is 18.2 Å². The van der Waals surface area contributed by atoms with Gasteiger partial charge in [-0.25, -0.2) is 4.39 Å². The van der Waals surface area contributed by atoms with Crippen molar-refractivity contribution >= 4 is 5.91 Å². The summed E-state index contributed by atoms with van der Waals surface area (Å²) < 4.78 is 13.0. The molecule has 0 spiro atoms. The fourth-order valence-electron chi connectivity index (χ4n) is 1.98. The van der Waals surface area contributed by atoms with Gasteiger partial charge in [0.2, 0.25) is 0 Å². The number of halogens is 1. The van der Waals surface area contributed by atoms with Gasteiger partial charge in [0, 0.05) is 18.2 Å². The number of carbonyl (C=O) groups is 1. The molecular formula is C14H14FN3O. The molecule has 19 heavy (non-hydrogen) atoms. The maximum Gasteiger partial charge on any atom is 0.272 e. The number of nitrogens with one attached hydrogen (secondary N) is 2. The lowest BCUT2D eigenvalue weighted by molar-refractivity contribution is 0.0946. The number of benzene rings is 1. The van der Waals surface area contributed by atoms with E-state index in [0.717, 1.165) is 24.1 Å². The lowest BCUT2D eigenvalue weighted by Gasteiger charge is -2.03. The van der Waals surface area contributed by atoms with Gasteiger partial charge in [-0.3, -0.25) is 9.89 Å². The number of hydrogen-bond donors (Lipinski definition) is 2. The molecule has 0 bridgehead atoms. The topological polar surface area (TPSA) is 57.8 Å². The Morgan fingerprint density at radius 2 is 2.26 bits per heavy atom. The molecule has 2 N–H and O–H groups in total. The van der Waals surface area contributed by atoms with Crippen molar-refractivity contribution in [2.24, 2.45) is 0 Å². The normalized spacial score (nSPS) is 14.4. The molecule has 1 aliphatic carbocycles. The number of H-pyrrole nitrogens is 1. The Morgan fingerprint density at radius 1 is 1.42 bits per heavy atom. The molecule has 98 valence electrons. The minimum Gasteiger partial charge on any atom is -0.347 e. The second kappa shape index (κ2) is 4.84. The van der Waals surface area contributed by atoms with E-state index < -0.39 is 0 Å². The highest BCUT2D eigenvalue weighted by molar-refractivity contribution is 5.92. The highest BCUT2D eigenvalue weighted by atomic mass is 19.1. The Morgan fingerprint density at radius 3 is 3.00 bits per heavy atom. The van der Waals surface area contributed by atoms with Crippen LogP contribution in [0.5, 0.6) is 0 Å². The van der Waals surface area contributed by atoms with Gasteiger partial charge in [-0.15, -0.1) is 0 Å². The number of hydrogen-bond acceptors (Lipinski definition) is 2. The maximum absolute atomic E-state index is 13.0. The smallest absolute Gasteiger partial charge is 0.272 e. The monoisotopic (exact) mass is 259 g/mol. The minimum atomic E-state index is -0.303. The van der Waals surface area contributed by atoms with Crippen molar-refractivity contribution in [1.29, 1.82) is 0 Å². The number of rotatable bonds is 4. The summed E-state index contributed by atoms with van der Waals surface area (Å²) in [6.45, 7) is 0.294. The summed E-state index contributed by atoms with van der Waals surface area (Å²) in [7, 11) is 0. The second-order valence-electron chi connectivity index (χ2n) is 4.80. The van der Waals surface area contributed by atoms with Crippen molar-refractivity contribution in [2.75, 3.05) is 0 Å². The molecule has 1 aromatic carbocycles. The van der Waals surface area contributed by atoms with E-state index in [-0.39, 0.29) is 11.7 Å². The Kier molecular flexibility index (Phi) is 3.03. The van der Waals surface area contributed by atoms with Crippen LogP contribution in [0, 0.1) is 5.82 Å². The summed E-state index contributed by atoms with van der Waals surface area (Å²) in [5, 5.41) is 9.61. The molecule has 1 amide bonds. The summed E-state index contributed by atoms with van der Waals surface area (Å²) in [4.78, 5) is 11.9. The molecule has 3 rings (SSSR count). The first kappa shape index (κ1) is 11.9. The Bertz CT molecular complexity index is 604. The average molecular weight is 259 g/mol. The van der Waals surface area contributed by atoms with Crippen LogP contribution >= 0.6 is 0 Å². The summed E-state index contributed by atoms with van der Waals surface area (Å²) in [5.41, 5.74) is 2.14. The average Bonchev–Trinajstić information content (AvgIpc) is 3.14. The molecule has 4 nitrogen and oxygen atoms in total. The van der Waals surface area contributed by atoms with Gasteiger partial charge in [-0.05, 0) is 36.6 Å². The highest BCUT2D eigenvalue weighted by Gasteiger charge is 2.26. The van der Waals surface area contributed by atoms with Crippen molar-refractivity contribution < 1.29 is 9.18 Å². The van der Waals surface area contributed by atoms with Crippen LogP contribution in [0.4, 0.5) is 4.39 Å². The van der Waals surface area contributed by atoms with E-state index >= 15 is 0 Å². The number of nitrogens with zero attached hydrogens (tertiary/aromatic N) is 1. The zero-order valence-corrected chi connectivity index (χ0v) is 10.3. The molecule has 0 aliphatic heterocycles. The van der Waals surface area contributed by atoms with Crippen LogP contribution in [0.25, 0.3) is 0 Å². The maximum atomic E-state index is 13.0. The molecule has 2 aromatic rings. The zero-order chi connectivity index (χ0) is 13.2. The molecule has 5 heteroatoms. The van der Waals surface area contributed by atoms with Gasteiger partial charge in [0.15, 0.2) is 0 Å². The summed E-state index contributed by atoms with van der Waals surface area (Å²) >= 11 is 0. The first-order valence-electron chi connectivity index (χ1n) is 6.30. The zero-order valence-electron chi connectivity index (χ0n) is 10.3. The minimum absolute atomic E-state index is 0.243. The Balaban J connectivity index is 1.61. The summed E-state index contributed by atoms with van der Waals surface area (Å²) in [6, 6.07) is 7.96. The molecule has 1 fully saturated rings. The molecule has 0 radical (unpaired) electrons. The quantitative estimate of drug-likeness (QED) is 0.885. The first-order chi connectivity index (χ1) is 9.22. The fourth-order valence-corrected chi connectivity index (χ4v) is 1.98. The molecule has 0 atom stereocenters. The van der Waals surface area contributed by atoms with Gasteiger partial charge >= 0.3 is 0 Å². The number of aromatic amines is 1. The molecule has 1 saturated carbocycles. The van der Waals surface area contributed by atoms with Gasteiger partial charge in [-0.1, -0.05) is 12.1 Å². The standard InChI is InChI=1S/C14H14FN3O/c15-11-3-1-2-9(6-11)8-16-14(19)13-7-12(17-18-13)10-4-5-10/h1-3,6-7,10H,4-5,8H2,(H,16,19)(H,17,18). The van der Waals surface area contributed by atoms with Gasteiger partial charge in [-0.2, -0.15) is 5.10 Å². The van der Waals surface area contributed by atoms with Crippen molar-refractivity contribution in [2.45, 2.75) is 25.3 Å². The fraction of sp³-hybridized carbons (Fsp3) is 0.286. The third kappa shape index (κ3) is 2.81. The Hall–Kier alpha value is -2.17. The second-order valence-corrected chi connectivity index (χ2v) is 4.80. The van der Waals surface area contributed by atoms with Crippen LogP contribution in [-0.2, 0) is 6.54 Å². The van der Waals surface area contributed by atoms with Crippen LogP contribution in [-0.4, -0.2) is 16.1 Å². The van der Waals surface area contributed by atoms with E-state index in [4.69, 9.17) is 0 Å². The molecule has 1 heterocycles. The predicted molar refractivity (Wildman–Crippen MR) is 68.1 cm³/mol. The largest absolute Gasteiger partial charge is 0.347 e. The molecule has 1 aromatic heterocycles. The van der Waals surface area contributed by atoms with Crippen LogP contribution in [0.3, 0.4) is 0 Å². The van der Waals surface area contributed by atoms with E-state index in [1.807, 2.05) is 0 Å². The third-order valence-corrected chi connectivity index (χ3v) is 3.19. The van der Waals surface area contributed by atoms with E-state index in [1.165, 1.54) is 12.1 Å². The number of aromatic nitrogens is 2. The Labute approximate surface area is 110 Å². The van der Waals surface area contributed by atoms with E-state index in [0.29, 0.717) is 18.2 Å². The van der Waals surface area contributed by atoms with E-state index in [9.17, 15) is 9.18 Å². The van der Waals surface area contributed by atoms with Crippen LogP contribution in [0.15, 0.2) is 30.3 Å². The van der Waals surface area contributed by atoms with E-state index in [2.05, 4.69) is 15.5 Å². The number of carbonyl (C=O) groups excluding carboxylic acids is 1.